The smallest absolute Gasteiger partial charge is 0.132 e. The third-order valence-electron chi connectivity index (χ3n) is 2.28. The van der Waals surface area contributed by atoms with Gasteiger partial charge >= 0.3 is 0 Å². The van der Waals surface area contributed by atoms with Crippen LogP contribution in [0.25, 0.3) is 11.1 Å². The van der Waals surface area contributed by atoms with Crippen LogP contribution in [-0.2, 0) is 13.7 Å². The number of aliphatic hydroxyl groups is 1. The van der Waals surface area contributed by atoms with Crippen LogP contribution in [0, 0.1) is 5.82 Å². The van der Waals surface area contributed by atoms with E-state index in [2.05, 4.69) is 5.10 Å². The van der Waals surface area contributed by atoms with E-state index >= 15 is 0 Å². The molecule has 0 aliphatic rings. The molecule has 0 fully saturated rings. The summed E-state index contributed by atoms with van der Waals surface area (Å²) in [4.78, 5) is 0. The molecule has 0 amide bonds. The van der Waals surface area contributed by atoms with Crippen molar-refractivity contribution in [2.24, 2.45) is 7.05 Å². The van der Waals surface area contributed by atoms with Gasteiger partial charge in [0, 0.05) is 29.4 Å². The fraction of sp³-hybridized carbons (Fsp3) is 0.182. The first-order valence-electron chi connectivity index (χ1n) is 4.70. The molecule has 1 aromatic heterocycles. The van der Waals surface area contributed by atoms with Crippen LogP contribution >= 0.6 is 11.6 Å². The highest BCUT2D eigenvalue weighted by Crippen LogP contribution is 2.27. The maximum absolute atomic E-state index is 13.7. The van der Waals surface area contributed by atoms with Gasteiger partial charge < -0.3 is 5.11 Å². The SMILES string of the molecule is Cn1cc(-c2ccc(Cl)cc2F)c(CO)n1. The molecule has 84 valence electrons. The van der Waals surface area contributed by atoms with E-state index in [9.17, 15) is 4.39 Å². The van der Waals surface area contributed by atoms with Gasteiger partial charge in [0.2, 0.25) is 0 Å². The average Bonchev–Trinajstić information content (AvgIpc) is 2.59. The van der Waals surface area contributed by atoms with Gasteiger partial charge in [-0.15, -0.1) is 0 Å². The van der Waals surface area contributed by atoms with Crippen LogP contribution in [0.4, 0.5) is 4.39 Å². The molecule has 1 N–H and O–H groups in total. The third kappa shape index (κ3) is 1.94. The minimum Gasteiger partial charge on any atom is -0.390 e. The van der Waals surface area contributed by atoms with Crippen LogP contribution in [0.5, 0.6) is 0 Å². The summed E-state index contributed by atoms with van der Waals surface area (Å²) in [5.74, 6) is -0.421. The fourth-order valence-corrected chi connectivity index (χ4v) is 1.74. The summed E-state index contributed by atoms with van der Waals surface area (Å²) in [6.07, 6.45) is 1.66. The van der Waals surface area contributed by atoms with Crippen molar-refractivity contribution in [2.75, 3.05) is 0 Å². The van der Waals surface area contributed by atoms with Crippen molar-refractivity contribution < 1.29 is 9.50 Å². The second kappa shape index (κ2) is 4.23. The molecule has 2 aromatic rings. The van der Waals surface area contributed by atoms with Gasteiger partial charge in [0.25, 0.3) is 0 Å². The van der Waals surface area contributed by atoms with Gasteiger partial charge in [0.05, 0.1) is 12.3 Å². The third-order valence-corrected chi connectivity index (χ3v) is 2.51. The Morgan fingerprint density at radius 2 is 2.19 bits per heavy atom. The van der Waals surface area contributed by atoms with Gasteiger partial charge in [-0.1, -0.05) is 11.6 Å². The Kier molecular flexibility index (Phi) is 2.94. The van der Waals surface area contributed by atoms with E-state index in [1.165, 1.54) is 10.7 Å². The van der Waals surface area contributed by atoms with Crippen LogP contribution in [0.2, 0.25) is 5.02 Å². The molecule has 5 heteroatoms. The standard InChI is InChI=1S/C11H10ClFN2O/c1-15-5-9(11(6-16)14-15)8-3-2-7(12)4-10(8)13/h2-5,16H,6H2,1H3. The van der Waals surface area contributed by atoms with Crippen molar-refractivity contribution in [1.29, 1.82) is 0 Å². The molecule has 0 radical (unpaired) electrons. The zero-order valence-corrected chi connectivity index (χ0v) is 9.37. The van der Waals surface area contributed by atoms with E-state index in [0.717, 1.165) is 0 Å². The molecule has 2 rings (SSSR count). The number of aryl methyl sites for hydroxylation is 1. The van der Waals surface area contributed by atoms with Gasteiger partial charge in [-0.2, -0.15) is 5.10 Å². The first-order valence-corrected chi connectivity index (χ1v) is 5.08. The van der Waals surface area contributed by atoms with Crippen molar-refractivity contribution in [3.8, 4) is 11.1 Å². The predicted octanol–water partition coefficient (Wildman–Crippen LogP) is 2.37. The maximum atomic E-state index is 13.7. The summed E-state index contributed by atoms with van der Waals surface area (Å²) in [6, 6.07) is 4.42. The summed E-state index contributed by atoms with van der Waals surface area (Å²) >= 11 is 5.67. The first-order chi connectivity index (χ1) is 7.61. The molecule has 0 aliphatic heterocycles. The number of hydrogen-bond acceptors (Lipinski definition) is 2. The highest BCUT2D eigenvalue weighted by molar-refractivity contribution is 6.30. The number of rotatable bonds is 2. The van der Waals surface area contributed by atoms with Crippen molar-refractivity contribution >= 4 is 11.6 Å². The Bertz CT molecular complexity index is 525. The number of aliphatic hydroxyl groups excluding tert-OH is 1. The van der Waals surface area contributed by atoms with E-state index in [0.29, 0.717) is 21.8 Å². The molecule has 0 spiro atoms. The van der Waals surface area contributed by atoms with Crippen molar-refractivity contribution in [3.05, 3.63) is 40.9 Å². The highest BCUT2D eigenvalue weighted by Gasteiger charge is 2.13. The number of halogens is 2. The van der Waals surface area contributed by atoms with Crippen LogP contribution in [0.1, 0.15) is 5.69 Å². The molecular weight excluding hydrogens is 231 g/mol. The quantitative estimate of drug-likeness (QED) is 0.875. The molecule has 0 unspecified atom stereocenters. The lowest BCUT2D eigenvalue weighted by atomic mass is 10.1. The van der Waals surface area contributed by atoms with Crippen molar-refractivity contribution in [1.82, 2.24) is 9.78 Å². The average molecular weight is 241 g/mol. The Morgan fingerprint density at radius 3 is 2.81 bits per heavy atom. The molecule has 3 nitrogen and oxygen atoms in total. The van der Waals surface area contributed by atoms with Crippen LogP contribution in [0.3, 0.4) is 0 Å². The van der Waals surface area contributed by atoms with Gasteiger partial charge in [-0.25, -0.2) is 4.39 Å². The molecule has 16 heavy (non-hydrogen) atoms. The van der Waals surface area contributed by atoms with Crippen LogP contribution in [-0.4, -0.2) is 14.9 Å². The van der Waals surface area contributed by atoms with E-state index in [-0.39, 0.29) is 6.61 Å². The van der Waals surface area contributed by atoms with Gasteiger partial charge in [-0.05, 0) is 18.2 Å². The van der Waals surface area contributed by atoms with Crippen LogP contribution in [0.15, 0.2) is 24.4 Å². The van der Waals surface area contributed by atoms with Crippen LogP contribution < -0.4 is 0 Å². The molecule has 0 atom stereocenters. The largest absolute Gasteiger partial charge is 0.390 e. The van der Waals surface area contributed by atoms with E-state index in [1.54, 1.807) is 25.4 Å². The molecule has 0 saturated heterocycles. The maximum Gasteiger partial charge on any atom is 0.132 e. The lowest BCUT2D eigenvalue weighted by Crippen LogP contribution is -1.91. The summed E-state index contributed by atoms with van der Waals surface area (Å²) in [7, 11) is 1.72. The monoisotopic (exact) mass is 240 g/mol. The second-order valence-electron chi connectivity index (χ2n) is 3.45. The number of benzene rings is 1. The van der Waals surface area contributed by atoms with Gasteiger partial charge in [-0.3, -0.25) is 4.68 Å². The Balaban J connectivity index is 2.57. The normalized spacial score (nSPS) is 10.8. The van der Waals surface area contributed by atoms with E-state index < -0.39 is 5.82 Å². The molecule has 0 saturated carbocycles. The lowest BCUT2D eigenvalue weighted by Gasteiger charge is -2.02. The van der Waals surface area contributed by atoms with E-state index in [1.807, 2.05) is 0 Å². The Labute approximate surface area is 97.1 Å². The summed E-state index contributed by atoms with van der Waals surface area (Å²) < 4.78 is 15.2. The summed E-state index contributed by atoms with van der Waals surface area (Å²) in [5, 5.41) is 13.5. The second-order valence-corrected chi connectivity index (χ2v) is 3.88. The van der Waals surface area contributed by atoms with Gasteiger partial charge in [0.15, 0.2) is 0 Å². The molecule has 0 bridgehead atoms. The summed E-state index contributed by atoms with van der Waals surface area (Å²) in [6.45, 7) is -0.224. The highest BCUT2D eigenvalue weighted by atomic mass is 35.5. The summed E-state index contributed by atoms with van der Waals surface area (Å²) in [5.41, 5.74) is 1.42. The molecule has 0 aliphatic carbocycles. The van der Waals surface area contributed by atoms with Crippen molar-refractivity contribution in [3.63, 3.8) is 0 Å². The zero-order valence-electron chi connectivity index (χ0n) is 8.61. The molecule has 1 aromatic carbocycles. The lowest BCUT2D eigenvalue weighted by molar-refractivity contribution is 0.276. The first kappa shape index (κ1) is 11.1. The number of hydrogen-bond donors (Lipinski definition) is 1. The Morgan fingerprint density at radius 1 is 1.44 bits per heavy atom. The molecular formula is C11H10ClFN2O. The minimum atomic E-state index is -0.421. The fourth-order valence-electron chi connectivity index (χ4n) is 1.58. The zero-order chi connectivity index (χ0) is 11.7. The van der Waals surface area contributed by atoms with Gasteiger partial charge in [0.1, 0.15) is 5.82 Å². The van der Waals surface area contributed by atoms with E-state index in [4.69, 9.17) is 16.7 Å². The minimum absolute atomic E-state index is 0.224. The topological polar surface area (TPSA) is 38.0 Å². The number of aromatic nitrogens is 2. The molecule has 1 heterocycles. The Hall–Kier alpha value is -1.39. The number of nitrogens with zero attached hydrogens (tertiary/aromatic N) is 2. The predicted molar refractivity (Wildman–Crippen MR) is 59.5 cm³/mol. The van der Waals surface area contributed by atoms with Crippen molar-refractivity contribution in [2.45, 2.75) is 6.61 Å².